The summed E-state index contributed by atoms with van der Waals surface area (Å²) in [5, 5.41) is 9.05. The molecule has 1 fully saturated rings. The van der Waals surface area contributed by atoms with Crippen molar-refractivity contribution in [1.82, 2.24) is 24.8 Å². The molecule has 2 aromatic heterocycles. The van der Waals surface area contributed by atoms with E-state index in [1.165, 1.54) is 6.33 Å². The Hall–Kier alpha value is -2.74. The van der Waals surface area contributed by atoms with E-state index in [0.717, 1.165) is 25.2 Å². The van der Waals surface area contributed by atoms with Gasteiger partial charge in [-0.2, -0.15) is 0 Å². The Bertz CT molecular complexity index is 692. The average Bonchev–Trinajstić information content (AvgIpc) is 3.06. The van der Waals surface area contributed by atoms with Crippen LogP contribution in [0.25, 0.3) is 0 Å². The molecule has 1 amide bonds. The minimum atomic E-state index is -1.18. The third kappa shape index (κ3) is 3.37. The molecule has 1 aliphatic rings. The predicted octanol–water partition coefficient (Wildman–Crippen LogP) is 0.461. The van der Waals surface area contributed by atoms with Gasteiger partial charge in [0.2, 0.25) is 0 Å². The number of piperazine rings is 1. The molecule has 0 aliphatic carbocycles. The summed E-state index contributed by atoms with van der Waals surface area (Å²) in [4.78, 5) is 37.8. The third-order valence-electron chi connectivity index (χ3n) is 3.84. The first-order chi connectivity index (χ1) is 11.1. The van der Waals surface area contributed by atoms with Crippen LogP contribution in [0, 0.1) is 0 Å². The van der Waals surface area contributed by atoms with Crippen molar-refractivity contribution in [3.63, 3.8) is 0 Å². The molecular weight excluding hydrogens is 298 g/mol. The fraction of sp³-hybridized carbons (Fsp3) is 0.333. The number of carbonyl (C=O) groups excluding carboxylic acids is 1. The molecule has 0 atom stereocenters. The first kappa shape index (κ1) is 15.2. The van der Waals surface area contributed by atoms with Crippen molar-refractivity contribution in [2.24, 2.45) is 0 Å². The predicted molar refractivity (Wildman–Crippen MR) is 81.0 cm³/mol. The van der Waals surface area contributed by atoms with Crippen LogP contribution in [0.3, 0.4) is 0 Å². The van der Waals surface area contributed by atoms with Crippen LogP contribution in [-0.4, -0.2) is 67.9 Å². The number of rotatable bonds is 4. The molecule has 2 aromatic rings. The number of aromatic amines is 1. The zero-order chi connectivity index (χ0) is 16.2. The number of carboxylic acid groups (broad SMARTS) is 1. The second-order valence-corrected chi connectivity index (χ2v) is 5.36. The van der Waals surface area contributed by atoms with E-state index in [0.29, 0.717) is 13.1 Å². The molecule has 8 nitrogen and oxygen atoms in total. The molecule has 120 valence electrons. The molecular formula is C15H17N5O3. The molecule has 1 aliphatic heterocycles. The number of amides is 1. The highest BCUT2D eigenvalue weighted by atomic mass is 16.4. The number of carbonyl (C=O) groups is 2. The van der Waals surface area contributed by atoms with Crippen LogP contribution in [0.4, 0.5) is 0 Å². The van der Waals surface area contributed by atoms with Gasteiger partial charge in [0.05, 0.1) is 6.33 Å². The smallest absolute Gasteiger partial charge is 0.354 e. The van der Waals surface area contributed by atoms with E-state index in [9.17, 15) is 9.59 Å². The van der Waals surface area contributed by atoms with Gasteiger partial charge in [0.1, 0.15) is 0 Å². The van der Waals surface area contributed by atoms with Gasteiger partial charge in [-0.05, 0) is 11.6 Å². The number of hydrogen-bond donors (Lipinski definition) is 2. The lowest BCUT2D eigenvalue weighted by atomic mass is 10.2. The molecule has 0 bridgehead atoms. The molecule has 0 radical (unpaired) electrons. The second kappa shape index (κ2) is 6.57. The van der Waals surface area contributed by atoms with Gasteiger partial charge >= 0.3 is 5.97 Å². The highest BCUT2D eigenvalue weighted by molar-refractivity contribution is 6.02. The maximum Gasteiger partial charge on any atom is 0.354 e. The van der Waals surface area contributed by atoms with Crippen LogP contribution in [-0.2, 0) is 6.54 Å². The van der Waals surface area contributed by atoms with Gasteiger partial charge in [0, 0.05) is 45.1 Å². The zero-order valence-electron chi connectivity index (χ0n) is 12.5. The lowest BCUT2D eigenvalue weighted by molar-refractivity contribution is 0.0603. The maximum atomic E-state index is 12.4. The second-order valence-electron chi connectivity index (χ2n) is 5.36. The van der Waals surface area contributed by atoms with Crippen molar-refractivity contribution in [2.45, 2.75) is 6.54 Å². The van der Waals surface area contributed by atoms with Crippen molar-refractivity contribution in [3.8, 4) is 0 Å². The number of aromatic nitrogens is 3. The van der Waals surface area contributed by atoms with E-state index in [1.807, 2.05) is 18.3 Å². The van der Waals surface area contributed by atoms with Crippen molar-refractivity contribution in [2.75, 3.05) is 26.2 Å². The fourth-order valence-corrected chi connectivity index (χ4v) is 2.63. The number of aromatic carboxylic acids is 1. The van der Waals surface area contributed by atoms with Crippen molar-refractivity contribution >= 4 is 11.9 Å². The molecule has 0 saturated carbocycles. The summed E-state index contributed by atoms with van der Waals surface area (Å²) in [6.45, 7) is 3.34. The average molecular weight is 315 g/mol. The quantitative estimate of drug-likeness (QED) is 0.850. The number of imidazole rings is 1. The number of hydrogen-bond acceptors (Lipinski definition) is 5. The number of carboxylic acids is 1. The van der Waals surface area contributed by atoms with Crippen molar-refractivity contribution in [3.05, 3.63) is 47.8 Å². The van der Waals surface area contributed by atoms with Gasteiger partial charge in [-0.15, -0.1) is 0 Å². The lowest BCUT2D eigenvalue weighted by Gasteiger charge is -2.34. The summed E-state index contributed by atoms with van der Waals surface area (Å²) < 4.78 is 0. The Morgan fingerprint density at radius 3 is 2.70 bits per heavy atom. The van der Waals surface area contributed by atoms with Crippen LogP contribution in [0.5, 0.6) is 0 Å². The number of H-pyrrole nitrogens is 1. The first-order valence-corrected chi connectivity index (χ1v) is 7.32. The summed E-state index contributed by atoms with van der Waals surface area (Å²) in [6.07, 6.45) is 4.81. The molecule has 3 heterocycles. The van der Waals surface area contributed by atoms with Crippen LogP contribution < -0.4 is 0 Å². The van der Waals surface area contributed by atoms with Crippen molar-refractivity contribution in [1.29, 1.82) is 0 Å². The summed E-state index contributed by atoms with van der Waals surface area (Å²) in [6, 6.07) is 3.92. The van der Waals surface area contributed by atoms with Gasteiger partial charge < -0.3 is 15.0 Å². The maximum absolute atomic E-state index is 12.4. The largest absolute Gasteiger partial charge is 0.477 e. The Labute approximate surface area is 132 Å². The van der Waals surface area contributed by atoms with Gasteiger partial charge in [0.25, 0.3) is 5.91 Å². The third-order valence-corrected chi connectivity index (χ3v) is 3.84. The topological polar surface area (TPSA) is 102 Å². The number of pyridine rings is 1. The molecule has 8 heteroatoms. The molecule has 3 rings (SSSR count). The molecule has 2 N–H and O–H groups in total. The SMILES string of the molecule is O=C(O)c1[nH]cnc1C(=O)N1CCN(Cc2cccnc2)CC1. The summed E-state index contributed by atoms with van der Waals surface area (Å²) in [5.74, 6) is -1.52. The van der Waals surface area contributed by atoms with Crippen LogP contribution in [0.15, 0.2) is 30.9 Å². The molecule has 0 spiro atoms. The highest BCUT2D eigenvalue weighted by Crippen LogP contribution is 2.12. The normalized spacial score (nSPS) is 15.6. The van der Waals surface area contributed by atoms with Crippen LogP contribution >= 0.6 is 0 Å². The molecule has 0 aromatic carbocycles. The van der Waals surface area contributed by atoms with E-state index >= 15 is 0 Å². The van der Waals surface area contributed by atoms with Crippen molar-refractivity contribution < 1.29 is 14.7 Å². The minimum Gasteiger partial charge on any atom is -0.477 e. The monoisotopic (exact) mass is 315 g/mol. The van der Waals surface area contributed by atoms with Gasteiger partial charge in [-0.25, -0.2) is 9.78 Å². The Balaban J connectivity index is 1.59. The standard InChI is InChI=1S/C15H17N5O3/c21-14(12-13(15(22)23)18-10-17-12)20-6-4-19(5-7-20)9-11-2-1-3-16-8-11/h1-3,8,10H,4-7,9H2,(H,17,18)(H,22,23). The lowest BCUT2D eigenvalue weighted by Crippen LogP contribution is -2.48. The number of nitrogens with zero attached hydrogens (tertiary/aromatic N) is 4. The highest BCUT2D eigenvalue weighted by Gasteiger charge is 2.27. The van der Waals surface area contributed by atoms with Gasteiger partial charge in [-0.3, -0.25) is 14.7 Å². The van der Waals surface area contributed by atoms with E-state index in [-0.39, 0.29) is 17.3 Å². The van der Waals surface area contributed by atoms with Gasteiger partial charge in [-0.1, -0.05) is 6.07 Å². The molecule has 1 saturated heterocycles. The van der Waals surface area contributed by atoms with Crippen LogP contribution in [0.2, 0.25) is 0 Å². The summed E-state index contributed by atoms with van der Waals surface area (Å²) >= 11 is 0. The zero-order valence-corrected chi connectivity index (χ0v) is 12.5. The first-order valence-electron chi connectivity index (χ1n) is 7.32. The minimum absolute atomic E-state index is 0.0294. The van der Waals surface area contributed by atoms with E-state index in [2.05, 4.69) is 19.9 Å². The Kier molecular flexibility index (Phi) is 4.33. The Morgan fingerprint density at radius 2 is 2.04 bits per heavy atom. The van der Waals surface area contributed by atoms with Crippen LogP contribution in [0.1, 0.15) is 26.5 Å². The van der Waals surface area contributed by atoms with E-state index in [4.69, 9.17) is 5.11 Å². The summed E-state index contributed by atoms with van der Waals surface area (Å²) in [7, 11) is 0. The Morgan fingerprint density at radius 1 is 1.26 bits per heavy atom. The number of nitrogens with one attached hydrogen (secondary N) is 1. The van der Waals surface area contributed by atoms with E-state index < -0.39 is 5.97 Å². The van der Waals surface area contributed by atoms with E-state index in [1.54, 1.807) is 11.1 Å². The fourth-order valence-electron chi connectivity index (χ4n) is 2.63. The summed E-state index contributed by atoms with van der Waals surface area (Å²) in [5.41, 5.74) is 0.943. The molecule has 23 heavy (non-hydrogen) atoms. The van der Waals surface area contributed by atoms with Gasteiger partial charge in [0.15, 0.2) is 11.4 Å². The molecule has 0 unspecified atom stereocenters.